The third-order valence-corrected chi connectivity index (χ3v) is 4.69. The number of fused-ring (bicyclic) bond motifs is 1. The van der Waals surface area contributed by atoms with Gasteiger partial charge in [0, 0.05) is 11.2 Å². The zero-order valence-corrected chi connectivity index (χ0v) is 15.4. The van der Waals surface area contributed by atoms with Crippen LogP contribution in [0.4, 0.5) is 5.69 Å². The Balaban J connectivity index is 1.86. The summed E-state index contributed by atoms with van der Waals surface area (Å²) in [6, 6.07) is 8.60. The van der Waals surface area contributed by atoms with Crippen LogP contribution in [0.3, 0.4) is 0 Å². The number of carbonyl (C=O) groups is 1. The molecule has 3 aromatic rings. The predicted molar refractivity (Wildman–Crippen MR) is 99.5 cm³/mol. The van der Waals surface area contributed by atoms with Crippen molar-refractivity contribution >= 4 is 63.7 Å². The summed E-state index contributed by atoms with van der Waals surface area (Å²) in [4.78, 5) is 16.8. The van der Waals surface area contributed by atoms with Gasteiger partial charge in [0.05, 0.1) is 21.2 Å². The number of carbonyl (C=O) groups excluding carboxylic acids is 1. The minimum absolute atomic E-state index is 0.298. The fourth-order valence-corrected chi connectivity index (χ4v) is 3.61. The van der Waals surface area contributed by atoms with Crippen LogP contribution in [-0.2, 0) is 0 Å². The van der Waals surface area contributed by atoms with Gasteiger partial charge in [-0.1, -0.05) is 52.6 Å². The molecule has 124 valence electrons. The van der Waals surface area contributed by atoms with Crippen molar-refractivity contribution in [2.24, 2.45) is 0 Å². The first-order valence-corrected chi connectivity index (χ1v) is 9.09. The largest absolute Gasteiger partial charge is 0.295 e. The topological polar surface area (TPSA) is 58.4 Å². The Morgan fingerprint density at radius 3 is 2.58 bits per heavy atom. The van der Waals surface area contributed by atoms with E-state index in [1.807, 2.05) is 35.1 Å². The minimum Gasteiger partial charge on any atom is -0.295 e. The number of hydrazine groups is 1. The van der Waals surface area contributed by atoms with Gasteiger partial charge in [-0.15, -0.1) is 0 Å². The second kappa shape index (κ2) is 7.11. The number of aromatic nitrogens is 2. The first kappa shape index (κ1) is 17.2. The fraction of sp³-hybridized carbons (Fsp3) is 0.0667. The zero-order chi connectivity index (χ0) is 17.3. The second-order valence-corrected chi connectivity index (χ2v) is 6.75. The number of halogens is 3. The summed E-state index contributed by atoms with van der Waals surface area (Å²) in [5.41, 5.74) is 6.65. The molecule has 0 fully saturated rings. The van der Waals surface area contributed by atoms with E-state index in [1.54, 1.807) is 0 Å². The van der Waals surface area contributed by atoms with Gasteiger partial charge in [-0.2, -0.15) is 0 Å². The van der Waals surface area contributed by atoms with E-state index in [1.165, 1.54) is 23.9 Å². The van der Waals surface area contributed by atoms with E-state index in [0.717, 1.165) is 5.16 Å². The van der Waals surface area contributed by atoms with E-state index in [2.05, 4.69) is 15.8 Å². The standard InChI is InChI=1S/C15H11Cl3N4OS/c1-24-15-19-13(11-4-2-3-5-22(11)15)14(23)21-20-12-9(17)6-8(16)7-10(12)18/h2-7,20H,1H3,(H,21,23). The van der Waals surface area contributed by atoms with Crippen LogP contribution >= 0.6 is 46.6 Å². The van der Waals surface area contributed by atoms with Crippen LogP contribution in [0.1, 0.15) is 10.5 Å². The Hall–Kier alpha value is -1.60. The molecule has 1 aromatic carbocycles. The van der Waals surface area contributed by atoms with Crippen molar-refractivity contribution in [2.75, 3.05) is 11.7 Å². The van der Waals surface area contributed by atoms with Crippen molar-refractivity contribution in [1.82, 2.24) is 14.8 Å². The number of hydrogen-bond donors (Lipinski definition) is 2. The summed E-state index contributed by atoms with van der Waals surface area (Å²) >= 11 is 19.5. The number of hydrogen-bond acceptors (Lipinski definition) is 4. The maximum absolute atomic E-state index is 12.5. The number of rotatable bonds is 4. The van der Waals surface area contributed by atoms with Crippen LogP contribution in [0.5, 0.6) is 0 Å². The van der Waals surface area contributed by atoms with Crippen LogP contribution in [0.15, 0.2) is 41.7 Å². The smallest absolute Gasteiger partial charge is 0.290 e. The van der Waals surface area contributed by atoms with E-state index in [9.17, 15) is 4.79 Å². The van der Waals surface area contributed by atoms with Crippen molar-refractivity contribution in [3.63, 3.8) is 0 Å². The number of nitrogens with zero attached hydrogens (tertiary/aromatic N) is 2. The summed E-state index contributed by atoms with van der Waals surface area (Å²) in [6.07, 6.45) is 3.75. The summed E-state index contributed by atoms with van der Waals surface area (Å²) < 4.78 is 1.85. The number of thioether (sulfide) groups is 1. The minimum atomic E-state index is -0.402. The summed E-state index contributed by atoms with van der Waals surface area (Å²) in [7, 11) is 0. The molecule has 9 heteroatoms. The van der Waals surface area contributed by atoms with Gasteiger partial charge in [-0.25, -0.2) is 4.98 Å². The molecule has 2 aromatic heterocycles. The monoisotopic (exact) mass is 400 g/mol. The van der Waals surface area contributed by atoms with Crippen molar-refractivity contribution in [2.45, 2.75) is 5.16 Å². The van der Waals surface area contributed by atoms with Gasteiger partial charge in [0.1, 0.15) is 0 Å². The molecule has 0 bridgehead atoms. The van der Waals surface area contributed by atoms with E-state index in [-0.39, 0.29) is 0 Å². The third-order valence-electron chi connectivity index (χ3n) is 3.22. The second-order valence-electron chi connectivity index (χ2n) is 4.73. The van der Waals surface area contributed by atoms with Gasteiger partial charge >= 0.3 is 0 Å². The lowest BCUT2D eigenvalue weighted by Gasteiger charge is -2.11. The molecule has 24 heavy (non-hydrogen) atoms. The Morgan fingerprint density at radius 1 is 1.21 bits per heavy atom. The van der Waals surface area contributed by atoms with E-state index in [4.69, 9.17) is 34.8 Å². The number of anilines is 1. The van der Waals surface area contributed by atoms with Crippen LogP contribution in [-0.4, -0.2) is 21.5 Å². The lowest BCUT2D eigenvalue weighted by molar-refractivity contribution is 0.0959. The highest BCUT2D eigenvalue weighted by Crippen LogP contribution is 2.33. The first-order chi connectivity index (χ1) is 11.5. The van der Waals surface area contributed by atoms with E-state index < -0.39 is 5.91 Å². The van der Waals surface area contributed by atoms with Gasteiger partial charge in [0.15, 0.2) is 10.9 Å². The summed E-state index contributed by atoms with van der Waals surface area (Å²) in [5, 5.41) is 1.73. The highest BCUT2D eigenvalue weighted by Gasteiger charge is 2.17. The lowest BCUT2D eigenvalue weighted by Crippen LogP contribution is -2.30. The normalized spacial score (nSPS) is 10.8. The molecule has 0 aliphatic heterocycles. The average molecular weight is 402 g/mol. The molecule has 0 aliphatic rings. The summed E-state index contributed by atoms with van der Waals surface area (Å²) in [6.45, 7) is 0. The molecule has 0 atom stereocenters. The van der Waals surface area contributed by atoms with E-state index in [0.29, 0.717) is 32.0 Å². The average Bonchev–Trinajstić information content (AvgIpc) is 2.92. The van der Waals surface area contributed by atoms with Crippen LogP contribution < -0.4 is 10.9 Å². The van der Waals surface area contributed by atoms with Crippen molar-refractivity contribution in [3.8, 4) is 0 Å². The van der Waals surface area contributed by atoms with Crippen molar-refractivity contribution < 1.29 is 4.79 Å². The van der Waals surface area contributed by atoms with Crippen molar-refractivity contribution in [1.29, 1.82) is 0 Å². The predicted octanol–water partition coefficient (Wildman–Crippen LogP) is 4.77. The zero-order valence-electron chi connectivity index (χ0n) is 12.3. The van der Waals surface area contributed by atoms with Gasteiger partial charge in [-0.05, 0) is 30.5 Å². The number of benzene rings is 1. The molecule has 0 aliphatic carbocycles. The maximum Gasteiger partial charge on any atom is 0.290 e. The SMILES string of the molecule is CSc1nc(C(=O)NNc2c(Cl)cc(Cl)cc2Cl)c2ccccn12. The Labute approximate surface area is 157 Å². The fourth-order valence-electron chi connectivity index (χ4n) is 2.16. The molecule has 5 nitrogen and oxygen atoms in total. The first-order valence-electron chi connectivity index (χ1n) is 6.73. The Kier molecular flexibility index (Phi) is 5.10. The summed E-state index contributed by atoms with van der Waals surface area (Å²) in [5.74, 6) is -0.402. The van der Waals surface area contributed by atoms with Gasteiger partial charge in [0.2, 0.25) is 0 Å². The van der Waals surface area contributed by atoms with Crippen molar-refractivity contribution in [3.05, 3.63) is 57.3 Å². The highest BCUT2D eigenvalue weighted by atomic mass is 35.5. The molecule has 3 rings (SSSR count). The maximum atomic E-state index is 12.5. The molecule has 0 spiro atoms. The van der Waals surface area contributed by atoms with E-state index >= 15 is 0 Å². The quantitative estimate of drug-likeness (QED) is 0.488. The lowest BCUT2D eigenvalue weighted by atomic mass is 10.3. The van der Waals surface area contributed by atoms with Gasteiger partial charge < -0.3 is 0 Å². The highest BCUT2D eigenvalue weighted by molar-refractivity contribution is 7.98. The molecule has 0 radical (unpaired) electrons. The van der Waals surface area contributed by atoms with Gasteiger partial charge in [-0.3, -0.25) is 20.0 Å². The molecule has 0 saturated carbocycles. The number of amides is 1. The Morgan fingerprint density at radius 2 is 1.92 bits per heavy atom. The number of pyridine rings is 1. The van der Waals surface area contributed by atoms with Crippen LogP contribution in [0.2, 0.25) is 15.1 Å². The van der Waals surface area contributed by atoms with Crippen LogP contribution in [0.25, 0.3) is 5.52 Å². The molecule has 0 saturated heterocycles. The molecule has 2 N–H and O–H groups in total. The molecule has 0 unspecified atom stereocenters. The molecule has 1 amide bonds. The molecular formula is C15H11Cl3N4OS. The number of imidazole rings is 1. The number of nitrogens with one attached hydrogen (secondary N) is 2. The van der Waals surface area contributed by atoms with Crippen LogP contribution in [0, 0.1) is 0 Å². The molecule has 2 heterocycles. The van der Waals surface area contributed by atoms with Gasteiger partial charge in [0.25, 0.3) is 5.91 Å². The molecular weight excluding hydrogens is 391 g/mol. The Bertz CT molecular complexity index is 905. The third kappa shape index (κ3) is 3.28.